The van der Waals surface area contributed by atoms with Gasteiger partial charge < -0.3 is 4.98 Å². The second-order valence-corrected chi connectivity index (χ2v) is 24.3. The number of fused-ring (bicyclic) bond motifs is 3. The molecule has 0 saturated carbocycles. The molecule has 6 aromatic rings. The molecule has 0 bridgehead atoms. The summed E-state index contributed by atoms with van der Waals surface area (Å²) in [5.74, 6) is 6.83. The topological polar surface area (TPSA) is 38.7 Å². The number of halogens is 1. The maximum absolute atomic E-state index is 14.3. The minimum atomic E-state index is -2.25. The molecule has 0 aliphatic heterocycles. The number of benzene rings is 2. The van der Waals surface area contributed by atoms with Crippen molar-refractivity contribution in [1.82, 2.24) is 15.0 Å². The van der Waals surface area contributed by atoms with Crippen molar-refractivity contribution in [2.75, 3.05) is 0 Å². The van der Waals surface area contributed by atoms with Gasteiger partial charge in [0.05, 0.1) is 6.20 Å². The molecule has 4 heterocycles. The molecule has 0 aliphatic rings. The molecule has 7 heteroatoms. The smallest absolute Gasteiger partial charge is 0 e. The van der Waals surface area contributed by atoms with Crippen LogP contribution in [0, 0.1) is 30.2 Å². The predicted octanol–water partition coefficient (Wildman–Crippen LogP) is 9.44. The average molecular weight is 830 g/mol. The van der Waals surface area contributed by atoms with Crippen LogP contribution in [-0.4, -0.2) is 28.2 Å². The summed E-state index contributed by atoms with van der Waals surface area (Å²) in [7, 11) is 0. The number of aryl methyl sites for hydroxylation is 1. The molecular weight excluding hydrogens is 790 g/mol. The summed E-state index contributed by atoms with van der Waals surface area (Å²) in [5, 5.41) is 1.86. The van der Waals surface area contributed by atoms with Crippen LogP contribution >= 0.6 is 11.3 Å². The molecule has 0 amide bonds. The number of aromatic nitrogens is 3. The van der Waals surface area contributed by atoms with E-state index in [1.54, 1.807) is 18.2 Å². The standard InChI is InChI=1S/C22H20FN2S.C14H16GeN.Ir/c1-13-8-9-16-15-6-5-7-17(20(15)26-21(16)25-13)19-10-14(11-22(2,3)4)18(23)12-24-19;1-15(2,3)13-9-10-14(16-11-13)12-7-5-4-6-8-12;/h5-6,8-10,12H,11H2,1-4H3;4-7,9-11H,1-3H3;/q2*-1;/i1D3;;. The summed E-state index contributed by atoms with van der Waals surface area (Å²) in [4.78, 5) is 13.9. The second kappa shape index (κ2) is 13.5. The SMILES string of the molecule is [2H]C([2H])([2H])c1ccc2c(n1)sc1c(-c3cc(CC(C)(C)C)c(F)cn3)[c-]ccc12.[CH3][Ge]([CH3])([CH3])[c]1ccc(-c2[c-]cccc2)nc1.[Ir]. The maximum Gasteiger partial charge on any atom is 0 e. The van der Waals surface area contributed by atoms with Gasteiger partial charge in [0.2, 0.25) is 0 Å². The van der Waals surface area contributed by atoms with E-state index in [1.807, 2.05) is 42.6 Å². The monoisotopic (exact) mass is 831 g/mol. The summed E-state index contributed by atoms with van der Waals surface area (Å²) in [5.41, 5.74) is 4.15. The molecule has 6 rings (SSSR count). The van der Waals surface area contributed by atoms with E-state index in [1.165, 1.54) is 21.9 Å². The number of rotatable bonds is 4. The van der Waals surface area contributed by atoms with Gasteiger partial charge >= 0.3 is 99.8 Å². The number of nitrogens with zero attached hydrogens (tertiary/aromatic N) is 3. The number of hydrogen-bond acceptors (Lipinski definition) is 4. The molecular formula is C36H36FGeIrN3S-2. The van der Waals surface area contributed by atoms with E-state index in [2.05, 4.69) is 77.3 Å². The molecule has 0 aliphatic carbocycles. The molecule has 0 unspecified atom stereocenters. The molecule has 2 aromatic carbocycles. The van der Waals surface area contributed by atoms with Crippen LogP contribution in [-0.2, 0) is 26.5 Å². The van der Waals surface area contributed by atoms with Crippen LogP contribution in [0.25, 0.3) is 42.8 Å². The molecule has 43 heavy (non-hydrogen) atoms. The van der Waals surface area contributed by atoms with Crippen molar-refractivity contribution in [3.05, 3.63) is 108 Å². The summed E-state index contributed by atoms with van der Waals surface area (Å²) in [6, 6.07) is 27.6. The van der Waals surface area contributed by atoms with Crippen LogP contribution in [0.15, 0.2) is 79.1 Å². The van der Waals surface area contributed by atoms with Crippen LogP contribution in [0.1, 0.15) is 36.1 Å². The second-order valence-electron chi connectivity index (χ2n) is 12.6. The Hall–Kier alpha value is -2.77. The Balaban J connectivity index is 0.000000240. The van der Waals surface area contributed by atoms with Gasteiger partial charge in [0.15, 0.2) is 0 Å². The number of thiophene rings is 1. The Morgan fingerprint density at radius 2 is 1.70 bits per heavy atom. The largest absolute Gasteiger partial charge is 0 e. The minimum Gasteiger partial charge on any atom is 0 e. The Morgan fingerprint density at radius 1 is 0.907 bits per heavy atom. The molecule has 0 atom stereocenters. The first-order chi connectivity index (χ1) is 21.1. The Bertz CT molecular complexity index is 1950. The molecule has 0 saturated heterocycles. The van der Waals surface area contributed by atoms with Crippen molar-refractivity contribution in [2.45, 2.75) is 51.3 Å². The van der Waals surface area contributed by atoms with E-state index in [4.69, 9.17) is 4.11 Å². The third-order valence-corrected chi connectivity index (χ3v) is 12.2. The third kappa shape index (κ3) is 8.04. The summed E-state index contributed by atoms with van der Waals surface area (Å²) in [6.07, 6.45) is 3.90. The van der Waals surface area contributed by atoms with E-state index in [0.717, 1.165) is 32.3 Å². The van der Waals surface area contributed by atoms with Gasteiger partial charge in [0.1, 0.15) is 10.6 Å². The fraction of sp³-hybridized carbons (Fsp3) is 0.250. The van der Waals surface area contributed by atoms with Crippen molar-refractivity contribution in [1.29, 1.82) is 0 Å². The van der Waals surface area contributed by atoms with E-state index >= 15 is 0 Å². The fourth-order valence-electron chi connectivity index (χ4n) is 4.69. The normalized spacial score (nSPS) is 13.0. The zero-order valence-corrected chi connectivity index (χ0v) is 30.5. The van der Waals surface area contributed by atoms with Gasteiger partial charge in [-0.2, -0.15) is 11.3 Å². The van der Waals surface area contributed by atoms with Crippen LogP contribution < -0.4 is 4.40 Å². The van der Waals surface area contributed by atoms with Gasteiger partial charge in [-0.1, -0.05) is 38.3 Å². The van der Waals surface area contributed by atoms with Gasteiger partial charge in [0.25, 0.3) is 0 Å². The van der Waals surface area contributed by atoms with Crippen LogP contribution in [0.2, 0.25) is 17.3 Å². The van der Waals surface area contributed by atoms with Crippen LogP contribution in [0.3, 0.4) is 0 Å². The van der Waals surface area contributed by atoms with Gasteiger partial charge in [-0.15, -0.1) is 23.8 Å². The van der Waals surface area contributed by atoms with E-state index in [9.17, 15) is 4.39 Å². The molecule has 1 radical (unpaired) electrons. The van der Waals surface area contributed by atoms with Crippen LogP contribution in [0.5, 0.6) is 0 Å². The summed E-state index contributed by atoms with van der Waals surface area (Å²) >= 11 is -0.305. The first-order valence-electron chi connectivity index (χ1n) is 15.4. The first kappa shape index (κ1) is 29.0. The Kier molecular flexibility index (Phi) is 9.08. The van der Waals surface area contributed by atoms with Crippen LogP contribution in [0.4, 0.5) is 4.39 Å². The molecule has 0 N–H and O–H groups in total. The van der Waals surface area contributed by atoms with E-state index in [-0.39, 0.29) is 37.0 Å². The molecule has 0 spiro atoms. The van der Waals surface area contributed by atoms with Crippen molar-refractivity contribution in [3.63, 3.8) is 0 Å². The van der Waals surface area contributed by atoms with Gasteiger partial charge in [-0.05, 0) is 46.1 Å². The molecule has 3 nitrogen and oxygen atoms in total. The van der Waals surface area contributed by atoms with Gasteiger partial charge in [0, 0.05) is 29.9 Å². The third-order valence-electron chi connectivity index (χ3n) is 6.82. The fourth-order valence-corrected chi connectivity index (χ4v) is 8.04. The minimum absolute atomic E-state index is 0. The zero-order chi connectivity index (χ0) is 32.6. The zero-order valence-electron chi connectivity index (χ0n) is 28.2. The van der Waals surface area contributed by atoms with Gasteiger partial charge in [-0.25, -0.2) is 9.37 Å². The number of hydrogen-bond donors (Lipinski definition) is 0. The van der Waals surface area contributed by atoms with E-state index in [0.29, 0.717) is 22.5 Å². The molecule has 223 valence electrons. The summed E-state index contributed by atoms with van der Waals surface area (Å²) < 4.78 is 39.5. The first-order valence-corrected chi connectivity index (χ1v) is 22.1. The van der Waals surface area contributed by atoms with Crippen molar-refractivity contribution >= 4 is 49.3 Å². The Labute approximate surface area is 279 Å². The molecule has 4 aromatic heterocycles. The predicted molar refractivity (Wildman–Crippen MR) is 179 cm³/mol. The van der Waals surface area contributed by atoms with Gasteiger partial charge in [-0.3, -0.25) is 0 Å². The average Bonchev–Trinajstić information content (AvgIpc) is 3.36. The Morgan fingerprint density at radius 3 is 2.35 bits per heavy atom. The quantitative estimate of drug-likeness (QED) is 0.131. The summed E-state index contributed by atoms with van der Waals surface area (Å²) in [6.45, 7) is 3.96. The van der Waals surface area contributed by atoms with Crippen molar-refractivity contribution in [3.8, 4) is 22.5 Å². The number of pyridine rings is 3. The van der Waals surface area contributed by atoms with Crippen molar-refractivity contribution in [2.24, 2.45) is 5.41 Å². The van der Waals surface area contributed by atoms with E-state index < -0.39 is 20.1 Å². The van der Waals surface area contributed by atoms with Crippen molar-refractivity contribution < 1.29 is 28.6 Å². The molecule has 0 fully saturated rings. The maximum atomic E-state index is 14.3.